The molecular weight excluding hydrogens is 176 g/mol. The van der Waals surface area contributed by atoms with Gasteiger partial charge < -0.3 is 16.5 Å². The van der Waals surface area contributed by atoms with Gasteiger partial charge in [0.1, 0.15) is 0 Å². The highest BCUT2D eigenvalue weighted by Crippen LogP contribution is 2.23. The Balaban J connectivity index is 2.87. The van der Waals surface area contributed by atoms with Crippen molar-refractivity contribution in [2.75, 3.05) is 16.5 Å². The van der Waals surface area contributed by atoms with Crippen molar-refractivity contribution in [2.24, 2.45) is 5.84 Å². The van der Waals surface area contributed by atoms with Crippen LogP contribution in [0.25, 0.3) is 0 Å². The Kier molecular flexibility index (Phi) is 2.86. The molecule has 0 aliphatic heterocycles. The normalized spacial score (nSPS) is 11.1. The van der Waals surface area contributed by atoms with Crippen LogP contribution in [0, 0.1) is 0 Å². The van der Waals surface area contributed by atoms with Gasteiger partial charge in [0, 0.05) is 11.2 Å². The predicted octanol–water partition coefficient (Wildman–Crippen LogP) is 1.76. The summed E-state index contributed by atoms with van der Waals surface area (Å²) in [5, 5.41) is 3.32. The smallest absolute Gasteiger partial charge is 0.0717 e. The third kappa shape index (κ3) is 2.81. The molecule has 0 atom stereocenters. The standard InChI is InChI=1S/C10H18N4/c1-10(2,3)13-7-4-5-9(14-12)8(11)6-7/h4-6,13-14H,11-12H2,1-3H3. The lowest BCUT2D eigenvalue weighted by Gasteiger charge is -2.22. The summed E-state index contributed by atoms with van der Waals surface area (Å²) in [7, 11) is 0. The van der Waals surface area contributed by atoms with Gasteiger partial charge in [-0.15, -0.1) is 0 Å². The van der Waals surface area contributed by atoms with Crippen molar-refractivity contribution in [3.8, 4) is 0 Å². The Hall–Kier alpha value is -1.42. The summed E-state index contributed by atoms with van der Waals surface area (Å²) in [5.74, 6) is 5.28. The Morgan fingerprint density at radius 3 is 2.29 bits per heavy atom. The van der Waals surface area contributed by atoms with E-state index in [1.54, 1.807) is 0 Å². The van der Waals surface area contributed by atoms with E-state index in [1.165, 1.54) is 0 Å². The second kappa shape index (κ2) is 3.75. The van der Waals surface area contributed by atoms with Gasteiger partial charge in [-0.25, -0.2) is 0 Å². The molecule has 0 saturated carbocycles. The summed E-state index contributed by atoms with van der Waals surface area (Å²) in [5.41, 5.74) is 10.7. The predicted molar refractivity (Wildman–Crippen MR) is 62.0 cm³/mol. The highest BCUT2D eigenvalue weighted by Gasteiger charge is 2.09. The molecule has 78 valence electrons. The van der Waals surface area contributed by atoms with Crippen molar-refractivity contribution >= 4 is 17.1 Å². The zero-order chi connectivity index (χ0) is 10.8. The number of nitrogen functional groups attached to an aromatic ring is 2. The fourth-order valence-corrected chi connectivity index (χ4v) is 1.20. The van der Waals surface area contributed by atoms with Crippen LogP contribution in [0.1, 0.15) is 20.8 Å². The van der Waals surface area contributed by atoms with Crippen LogP contribution in [0.3, 0.4) is 0 Å². The van der Waals surface area contributed by atoms with Crippen LogP contribution >= 0.6 is 0 Å². The van der Waals surface area contributed by atoms with E-state index in [9.17, 15) is 0 Å². The van der Waals surface area contributed by atoms with Crippen molar-refractivity contribution < 1.29 is 0 Å². The van der Waals surface area contributed by atoms with Crippen molar-refractivity contribution in [1.29, 1.82) is 0 Å². The lowest BCUT2D eigenvalue weighted by Crippen LogP contribution is -2.26. The Morgan fingerprint density at radius 1 is 1.21 bits per heavy atom. The number of nitrogens with two attached hydrogens (primary N) is 2. The summed E-state index contributed by atoms with van der Waals surface area (Å²) in [4.78, 5) is 0. The van der Waals surface area contributed by atoms with Crippen molar-refractivity contribution in [2.45, 2.75) is 26.3 Å². The van der Waals surface area contributed by atoms with E-state index >= 15 is 0 Å². The first-order valence-corrected chi connectivity index (χ1v) is 4.57. The highest BCUT2D eigenvalue weighted by atomic mass is 15.2. The first-order valence-electron chi connectivity index (χ1n) is 4.57. The molecule has 1 aromatic carbocycles. The van der Waals surface area contributed by atoms with Crippen LogP contribution in [0.4, 0.5) is 17.1 Å². The summed E-state index contributed by atoms with van der Waals surface area (Å²) in [6, 6.07) is 5.65. The minimum Gasteiger partial charge on any atom is -0.397 e. The largest absolute Gasteiger partial charge is 0.397 e. The van der Waals surface area contributed by atoms with Gasteiger partial charge in [-0.1, -0.05) is 0 Å². The molecular formula is C10H18N4. The summed E-state index contributed by atoms with van der Waals surface area (Å²) >= 11 is 0. The summed E-state index contributed by atoms with van der Waals surface area (Å²) in [6.07, 6.45) is 0. The van der Waals surface area contributed by atoms with E-state index in [0.717, 1.165) is 11.4 Å². The van der Waals surface area contributed by atoms with E-state index in [0.29, 0.717) is 5.69 Å². The Labute approximate surface area is 84.6 Å². The van der Waals surface area contributed by atoms with Gasteiger partial charge in [0.05, 0.1) is 11.4 Å². The number of hydrogen-bond acceptors (Lipinski definition) is 4. The van der Waals surface area contributed by atoms with Gasteiger partial charge in [0.2, 0.25) is 0 Å². The number of benzene rings is 1. The zero-order valence-corrected chi connectivity index (χ0v) is 8.89. The molecule has 0 aromatic heterocycles. The van der Waals surface area contributed by atoms with Crippen LogP contribution in [0.2, 0.25) is 0 Å². The third-order valence-corrected chi connectivity index (χ3v) is 1.73. The second-order valence-electron chi connectivity index (χ2n) is 4.32. The van der Waals surface area contributed by atoms with Gasteiger partial charge in [-0.2, -0.15) is 0 Å². The molecule has 0 spiro atoms. The lowest BCUT2D eigenvalue weighted by molar-refractivity contribution is 0.634. The minimum atomic E-state index is 0.0318. The molecule has 0 aliphatic carbocycles. The summed E-state index contributed by atoms with van der Waals surface area (Å²) in [6.45, 7) is 6.29. The number of rotatable bonds is 2. The van der Waals surface area contributed by atoms with Crippen LogP contribution in [0.15, 0.2) is 18.2 Å². The molecule has 0 heterocycles. The average Bonchev–Trinajstić information content (AvgIpc) is 2.01. The van der Waals surface area contributed by atoms with Crippen LogP contribution in [-0.2, 0) is 0 Å². The molecule has 0 fully saturated rings. The maximum absolute atomic E-state index is 5.77. The van der Waals surface area contributed by atoms with Gasteiger partial charge in [-0.05, 0) is 39.0 Å². The van der Waals surface area contributed by atoms with Crippen molar-refractivity contribution in [3.63, 3.8) is 0 Å². The first-order chi connectivity index (χ1) is 6.42. The number of hydrogen-bond donors (Lipinski definition) is 4. The highest BCUT2D eigenvalue weighted by molar-refractivity contribution is 5.71. The molecule has 14 heavy (non-hydrogen) atoms. The molecule has 4 heteroatoms. The zero-order valence-electron chi connectivity index (χ0n) is 8.89. The monoisotopic (exact) mass is 194 g/mol. The molecule has 6 N–H and O–H groups in total. The Bertz CT molecular complexity index is 314. The number of anilines is 3. The SMILES string of the molecule is CC(C)(C)Nc1ccc(NN)c(N)c1. The van der Waals surface area contributed by atoms with Crippen LogP contribution in [-0.4, -0.2) is 5.54 Å². The minimum absolute atomic E-state index is 0.0318. The molecule has 0 aliphatic rings. The quantitative estimate of drug-likeness (QED) is 0.329. The van der Waals surface area contributed by atoms with Crippen LogP contribution in [0.5, 0.6) is 0 Å². The molecule has 1 rings (SSSR count). The third-order valence-electron chi connectivity index (χ3n) is 1.73. The maximum atomic E-state index is 5.77. The summed E-state index contributed by atoms with van der Waals surface area (Å²) < 4.78 is 0. The van der Waals surface area contributed by atoms with Gasteiger partial charge in [0.15, 0.2) is 0 Å². The molecule has 0 bridgehead atoms. The second-order valence-corrected chi connectivity index (χ2v) is 4.32. The molecule has 0 saturated heterocycles. The van der Waals surface area contributed by atoms with Crippen molar-refractivity contribution in [1.82, 2.24) is 0 Å². The maximum Gasteiger partial charge on any atom is 0.0717 e. The van der Waals surface area contributed by atoms with Gasteiger partial charge in [-0.3, -0.25) is 5.84 Å². The van der Waals surface area contributed by atoms with E-state index in [-0.39, 0.29) is 5.54 Å². The van der Waals surface area contributed by atoms with Gasteiger partial charge >= 0.3 is 0 Å². The number of nitrogens with one attached hydrogen (secondary N) is 2. The van der Waals surface area contributed by atoms with E-state index in [1.807, 2.05) is 18.2 Å². The molecule has 4 nitrogen and oxygen atoms in total. The lowest BCUT2D eigenvalue weighted by atomic mass is 10.1. The first kappa shape index (κ1) is 10.7. The topological polar surface area (TPSA) is 76.1 Å². The fraction of sp³-hybridized carbons (Fsp3) is 0.400. The molecule has 0 unspecified atom stereocenters. The average molecular weight is 194 g/mol. The molecule has 1 aromatic rings. The van der Waals surface area contributed by atoms with Gasteiger partial charge in [0.25, 0.3) is 0 Å². The van der Waals surface area contributed by atoms with E-state index in [4.69, 9.17) is 11.6 Å². The van der Waals surface area contributed by atoms with Crippen molar-refractivity contribution in [3.05, 3.63) is 18.2 Å². The molecule has 0 amide bonds. The Morgan fingerprint density at radius 2 is 1.86 bits per heavy atom. The molecule has 0 radical (unpaired) electrons. The number of hydrazine groups is 1. The van der Waals surface area contributed by atoms with Crippen LogP contribution < -0.4 is 22.3 Å². The van der Waals surface area contributed by atoms with E-state index < -0.39 is 0 Å². The fourth-order valence-electron chi connectivity index (χ4n) is 1.20. The van der Waals surface area contributed by atoms with E-state index in [2.05, 4.69) is 31.5 Å².